The number of hydrogen-bond donors (Lipinski definition) is 5. The molecule has 0 spiro atoms. The van der Waals surface area contributed by atoms with E-state index in [1.165, 1.54) is 18.1 Å². The van der Waals surface area contributed by atoms with Crippen LogP contribution in [0.5, 0.6) is 0 Å². The highest BCUT2D eigenvalue weighted by Gasteiger charge is 2.46. The number of aliphatic carboxylic acids is 1. The van der Waals surface area contributed by atoms with Crippen LogP contribution in [-0.4, -0.2) is 82.8 Å². The van der Waals surface area contributed by atoms with Crippen LogP contribution in [0.15, 0.2) is 96.7 Å². The van der Waals surface area contributed by atoms with Crippen molar-refractivity contribution in [3.63, 3.8) is 0 Å². The second kappa shape index (κ2) is 24.5. The number of amides is 4. The van der Waals surface area contributed by atoms with Gasteiger partial charge >= 0.3 is 5.97 Å². The summed E-state index contributed by atoms with van der Waals surface area (Å²) in [6, 6.07) is 21.9. The number of benzene rings is 4. The fourth-order valence-corrected chi connectivity index (χ4v) is 9.15. The predicted octanol–water partition coefficient (Wildman–Crippen LogP) is 9.40. The number of carboxylic acids is 1. The molecule has 4 aromatic carbocycles. The SMILES string of the molecule is CC.CC.CC.C[C@H](NC(=O)[C@@H]1CCCNC(=O)CC[N+]2=C(C=CC=C3N(CCC(=O)N[C@@H](C)C(=O)N1)c1ccc4ccccc4c1C3(C)C)C(C)(C)c1c2ccc2ccccc12)C(=O)O.[CH3-]. The summed E-state index contributed by atoms with van der Waals surface area (Å²) in [5.74, 6) is -2.98. The quantitative estimate of drug-likeness (QED) is 0.101. The van der Waals surface area contributed by atoms with Crippen molar-refractivity contribution in [3.8, 4) is 0 Å². The first-order valence-electron chi connectivity index (χ1n) is 23.8. The van der Waals surface area contributed by atoms with Gasteiger partial charge in [-0.3, -0.25) is 24.0 Å². The Hall–Kier alpha value is -6.30. The highest BCUT2D eigenvalue weighted by molar-refractivity contribution is 6.08. The van der Waals surface area contributed by atoms with Crippen molar-refractivity contribution in [3.05, 3.63) is 115 Å². The number of carbonyl (C=O) groups excluding carboxylic acids is 4. The number of anilines is 1. The molecular weight excluding hydrogens is 841 g/mol. The smallest absolute Gasteiger partial charge is 0.325 e. The minimum Gasteiger partial charge on any atom is -0.480 e. The molecule has 3 aliphatic rings. The van der Waals surface area contributed by atoms with Crippen LogP contribution in [-0.2, 0) is 34.8 Å². The van der Waals surface area contributed by atoms with Gasteiger partial charge in [-0.25, -0.2) is 0 Å². The summed E-state index contributed by atoms with van der Waals surface area (Å²) in [4.78, 5) is 67.4. The second-order valence-electron chi connectivity index (χ2n) is 17.1. The minimum atomic E-state index is -1.22. The molecule has 7 rings (SSSR count). The maximum Gasteiger partial charge on any atom is 0.325 e. The van der Waals surface area contributed by atoms with Gasteiger partial charge in [-0.05, 0) is 85.9 Å². The Labute approximate surface area is 399 Å². The first-order valence-corrected chi connectivity index (χ1v) is 23.8. The van der Waals surface area contributed by atoms with Crippen LogP contribution in [0.25, 0.3) is 21.5 Å². The third-order valence-electron chi connectivity index (χ3n) is 12.3. The van der Waals surface area contributed by atoms with Crippen LogP contribution >= 0.6 is 0 Å². The lowest BCUT2D eigenvalue weighted by atomic mass is 9.79. The summed E-state index contributed by atoms with van der Waals surface area (Å²) in [5.41, 5.74) is 5.64. The van der Waals surface area contributed by atoms with E-state index in [0.29, 0.717) is 19.5 Å². The summed E-state index contributed by atoms with van der Waals surface area (Å²) >= 11 is 0. The maximum atomic E-state index is 13.6. The Morgan fingerprint density at radius 1 is 0.791 bits per heavy atom. The molecule has 12 nitrogen and oxygen atoms in total. The van der Waals surface area contributed by atoms with Gasteiger partial charge in [0.05, 0.1) is 11.8 Å². The van der Waals surface area contributed by atoms with Crippen molar-refractivity contribution in [2.45, 2.75) is 138 Å². The molecular formula is C55H76N6O6. The third kappa shape index (κ3) is 12.0. The summed E-state index contributed by atoms with van der Waals surface area (Å²) in [7, 11) is 0. The molecule has 362 valence electrons. The molecule has 0 saturated heterocycles. The Bertz CT molecular complexity index is 2500. The summed E-state index contributed by atoms with van der Waals surface area (Å²) in [5, 5.41) is 24.9. The first-order chi connectivity index (χ1) is 31.6. The number of carboxylic acid groups (broad SMARTS) is 1. The van der Waals surface area contributed by atoms with Gasteiger partial charge in [0.1, 0.15) is 18.1 Å². The van der Waals surface area contributed by atoms with Crippen molar-refractivity contribution in [2.75, 3.05) is 24.5 Å². The molecule has 3 atom stereocenters. The van der Waals surface area contributed by atoms with E-state index in [4.69, 9.17) is 0 Å². The Morgan fingerprint density at radius 3 is 2.01 bits per heavy atom. The van der Waals surface area contributed by atoms with Crippen molar-refractivity contribution in [2.24, 2.45) is 0 Å². The Morgan fingerprint density at radius 2 is 1.39 bits per heavy atom. The fourth-order valence-electron chi connectivity index (χ4n) is 9.15. The standard InChI is InChI=1S/C48H54N6O6.3C2H6.CH3/c1-29-44(57)52-35(45(58)51-30(2)46(59)60)17-12-26-49-40(55)24-27-53-36-22-20-31-13-7-9-15-33(31)42(36)47(3,4)38(53)18-11-19-39-48(5,6)43-34-16-10-8-14-32(34)21-23-37(43)54(39)28-25-41(56)50-29;3*1-2;/h7-11,13-16,18-23,29-30,35H,12,17,24-28H2,1-6H3,(H4-,49,50,51,52,55,56,57,58,59,60);3*1-2H3;1H3/q;;;;-1/p+1/t29-,30-,35-;;;;/m0..../s1. The van der Waals surface area contributed by atoms with Crippen LogP contribution in [0.3, 0.4) is 0 Å². The molecule has 0 aliphatic carbocycles. The molecule has 67 heavy (non-hydrogen) atoms. The molecule has 4 aromatic rings. The van der Waals surface area contributed by atoms with Crippen molar-refractivity contribution in [1.82, 2.24) is 21.3 Å². The van der Waals surface area contributed by atoms with Gasteiger partial charge in [-0.1, -0.05) is 116 Å². The monoisotopic (exact) mass is 917 g/mol. The van der Waals surface area contributed by atoms with Gasteiger partial charge in [-0.2, -0.15) is 4.58 Å². The molecule has 0 unspecified atom stereocenters. The van der Waals surface area contributed by atoms with Crippen LogP contribution in [0.1, 0.15) is 120 Å². The second-order valence-corrected chi connectivity index (χ2v) is 17.1. The van der Waals surface area contributed by atoms with Gasteiger partial charge < -0.3 is 38.7 Å². The number of rotatable bonds is 3. The molecule has 3 heterocycles. The van der Waals surface area contributed by atoms with Gasteiger partial charge in [0.25, 0.3) is 0 Å². The average molecular weight is 917 g/mol. The van der Waals surface area contributed by atoms with Gasteiger partial charge in [0.15, 0.2) is 12.3 Å². The zero-order valence-electron chi connectivity index (χ0n) is 42.2. The van der Waals surface area contributed by atoms with Gasteiger partial charge in [0.2, 0.25) is 29.3 Å². The highest BCUT2D eigenvalue weighted by atomic mass is 16.4. The number of fused-ring (bicyclic) bond motifs is 9. The number of carbonyl (C=O) groups is 5. The van der Waals surface area contributed by atoms with Crippen LogP contribution < -0.4 is 26.2 Å². The number of nitrogens with zero attached hydrogens (tertiary/aromatic N) is 2. The zero-order valence-corrected chi connectivity index (χ0v) is 42.2. The van der Waals surface area contributed by atoms with E-state index in [1.807, 2.05) is 59.7 Å². The third-order valence-corrected chi connectivity index (χ3v) is 12.3. The topological polar surface area (TPSA) is 160 Å². The van der Waals surface area contributed by atoms with Crippen LogP contribution in [0, 0.1) is 7.43 Å². The Kier molecular flexibility index (Phi) is 20.1. The van der Waals surface area contributed by atoms with Crippen molar-refractivity contribution in [1.29, 1.82) is 0 Å². The molecule has 5 N–H and O–H groups in total. The normalized spacial score (nSPS) is 19.6. The zero-order chi connectivity index (χ0) is 48.9. The van der Waals surface area contributed by atoms with E-state index in [2.05, 4.69) is 131 Å². The molecule has 0 radical (unpaired) electrons. The van der Waals surface area contributed by atoms with Gasteiger partial charge in [-0.15, -0.1) is 0 Å². The minimum absolute atomic E-state index is 0. The largest absolute Gasteiger partial charge is 0.480 e. The van der Waals surface area contributed by atoms with E-state index in [1.54, 1.807) is 6.92 Å². The number of allylic oxidation sites excluding steroid dienone is 4. The van der Waals surface area contributed by atoms with Crippen LogP contribution in [0.4, 0.5) is 11.4 Å². The number of nitrogens with one attached hydrogen (secondary N) is 4. The molecule has 0 bridgehead atoms. The molecule has 0 saturated carbocycles. The van der Waals surface area contributed by atoms with E-state index < -0.39 is 46.7 Å². The molecule has 3 aliphatic heterocycles. The highest BCUT2D eigenvalue weighted by Crippen LogP contribution is 2.51. The molecule has 0 aromatic heterocycles. The van der Waals surface area contributed by atoms with Crippen molar-refractivity contribution < 1.29 is 33.7 Å². The first kappa shape index (κ1) is 55.0. The van der Waals surface area contributed by atoms with E-state index in [9.17, 15) is 29.1 Å². The number of hydrogen-bond acceptors (Lipinski definition) is 6. The van der Waals surface area contributed by atoms with E-state index >= 15 is 0 Å². The lowest BCUT2D eigenvalue weighted by Crippen LogP contribution is -2.54. The van der Waals surface area contributed by atoms with Crippen LogP contribution in [0.2, 0.25) is 0 Å². The van der Waals surface area contributed by atoms with Gasteiger partial charge in [0, 0.05) is 54.0 Å². The summed E-state index contributed by atoms with van der Waals surface area (Å²) in [6.45, 7) is 24.8. The van der Waals surface area contributed by atoms with E-state index in [-0.39, 0.29) is 45.0 Å². The molecule has 0 fully saturated rings. The summed E-state index contributed by atoms with van der Waals surface area (Å²) < 4.78 is 2.24. The Balaban J connectivity index is 0.00000163. The molecule has 4 amide bonds. The molecule has 12 heteroatoms. The van der Waals surface area contributed by atoms with E-state index in [0.717, 1.165) is 44.3 Å². The lowest BCUT2D eigenvalue weighted by Gasteiger charge is -2.27. The predicted molar refractivity (Wildman–Crippen MR) is 275 cm³/mol. The lowest BCUT2D eigenvalue weighted by molar-refractivity contribution is -0.436. The average Bonchev–Trinajstić information content (AvgIpc) is 3.68. The fraction of sp³-hybridized carbons (Fsp3) is 0.436. The maximum absolute atomic E-state index is 13.6. The summed E-state index contributed by atoms with van der Waals surface area (Å²) in [6.07, 6.45) is 7.14. The van der Waals surface area contributed by atoms with Crippen molar-refractivity contribution >= 4 is 68.2 Å².